The standard InChI is InChI=1S/C16H18Cl2F2N4/c1-21-16(23-9-12-8-13(17)15(18)24(12)2)22-6-5-10-3-4-11(19)7-14(10)20/h3-4,7-8H,5-6,9H2,1-2H3,(H2,21,22,23). The number of nitrogens with zero attached hydrogens (tertiary/aromatic N) is 2. The van der Waals surface area contributed by atoms with E-state index in [1.54, 1.807) is 17.7 Å². The van der Waals surface area contributed by atoms with Crippen LogP contribution in [0, 0.1) is 11.6 Å². The zero-order valence-electron chi connectivity index (χ0n) is 13.3. The number of benzene rings is 1. The molecular formula is C16H18Cl2F2N4. The van der Waals surface area contributed by atoms with Crippen LogP contribution in [-0.4, -0.2) is 24.1 Å². The van der Waals surface area contributed by atoms with Crippen molar-refractivity contribution in [3.05, 3.63) is 57.3 Å². The Balaban J connectivity index is 1.85. The number of rotatable bonds is 5. The molecule has 2 rings (SSSR count). The molecule has 2 aromatic rings. The third kappa shape index (κ3) is 4.61. The van der Waals surface area contributed by atoms with Crippen LogP contribution in [0.5, 0.6) is 0 Å². The van der Waals surface area contributed by atoms with Crippen molar-refractivity contribution < 1.29 is 8.78 Å². The fraction of sp³-hybridized carbons (Fsp3) is 0.312. The minimum atomic E-state index is -0.582. The van der Waals surface area contributed by atoms with Gasteiger partial charge in [-0.3, -0.25) is 4.99 Å². The minimum Gasteiger partial charge on any atom is -0.356 e. The third-order valence-electron chi connectivity index (χ3n) is 3.58. The Morgan fingerprint density at radius 3 is 2.54 bits per heavy atom. The highest BCUT2D eigenvalue weighted by Gasteiger charge is 2.09. The maximum absolute atomic E-state index is 13.6. The Labute approximate surface area is 149 Å². The molecule has 0 fully saturated rings. The van der Waals surface area contributed by atoms with Crippen molar-refractivity contribution in [1.29, 1.82) is 0 Å². The molecule has 24 heavy (non-hydrogen) atoms. The van der Waals surface area contributed by atoms with Crippen LogP contribution >= 0.6 is 23.2 Å². The van der Waals surface area contributed by atoms with Gasteiger partial charge in [0.05, 0.1) is 11.6 Å². The van der Waals surface area contributed by atoms with E-state index in [4.69, 9.17) is 23.2 Å². The second-order valence-electron chi connectivity index (χ2n) is 5.17. The van der Waals surface area contributed by atoms with Crippen molar-refractivity contribution in [3.63, 3.8) is 0 Å². The Bertz CT molecular complexity index is 744. The maximum atomic E-state index is 13.6. The molecule has 0 aliphatic rings. The van der Waals surface area contributed by atoms with Crippen LogP contribution in [0.3, 0.4) is 0 Å². The number of hydrogen-bond donors (Lipinski definition) is 2. The van der Waals surface area contributed by atoms with E-state index in [1.807, 2.05) is 7.05 Å². The molecule has 0 atom stereocenters. The van der Waals surface area contributed by atoms with Crippen molar-refractivity contribution in [3.8, 4) is 0 Å². The molecule has 8 heteroatoms. The summed E-state index contributed by atoms with van der Waals surface area (Å²) < 4.78 is 28.2. The summed E-state index contributed by atoms with van der Waals surface area (Å²) in [4.78, 5) is 4.10. The van der Waals surface area contributed by atoms with Gasteiger partial charge in [0.1, 0.15) is 16.8 Å². The third-order valence-corrected chi connectivity index (χ3v) is 4.42. The van der Waals surface area contributed by atoms with Crippen LogP contribution in [0.1, 0.15) is 11.3 Å². The van der Waals surface area contributed by atoms with E-state index in [2.05, 4.69) is 15.6 Å². The first-order chi connectivity index (χ1) is 11.4. The molecule has 0 unspecified atom stereocenters. The highest BCUT2D eigenvalue weighted by molar-refractivity contribution is 6.41. The molecule has 130 valence electrons. The first-order valence-corrected chi connectivity index (χ1v) is 8.06. The first-order valence-electron chi connectivity index (χ1n) is 7.30. The van der Waals surface area contributed by atoms with Gasteiger partial charge in [0, 0.05) is 32.4 Å². The Morgan fingerprint density at radius 2 is 1.96 bits per heavy atom. The molecule has 4 nitrogen and oxygen atoms in total. The van der Waals surface area contributed by atoms with Crippen molar-refractivity contribution in [1.82, 2.24) is 15.2 Å². The van der Waals surface area contributed by atoms with Crippen LogP contribution in [0.4, 0.5) is 8.78 Å². The van der Waals surface area contributed by atoms with Gasteiger partial charge in [-0.1, -0.05) is 29.3 Å². The second-order valence-corrected chi connectivity index (χ2v) is 5.94. The maximum Gasteiger partial charge on any atom is 0.191 e. The molecule has 0 radical (unpaired) electrons. The van der Waals surface area contributed by atoms with Crippen LogP contribution < -0.4 is 10.6 Å². The largest absolute Gasteiger partial charge is 0.356 e. The number of hydrogen-bond acceptors (Lipinski definition) is 1. The van der Waals surface area contributed by atoms with E-state index in [9.17, 15) is 8.78 Å². The van der Waals surface area contributed by atoms with E-state index in [-0.39, 0.29) is 0 Å². The van der Waals surface area contributed by atoms with E-state index in [0.29, 0.717) is 41.2 Å². The van der Waals surface area contributed by atoms with Gasteiger partial charge < -0.3 is 15.2 Å². The fourth-order valence-electron chi connectivity index (χ4n) is 2.19. The topological polar surface area (TPSA) is 41.4 Å². The van der Waals surface area contributed by atoms with Gasteiger partial charge in [0.2, 0.25) is 0 Å². The summed E-state index contributed by atoms with van der Waals surface area (Å²) in [5.74, 6) is -0.569. The summed E-state index contributed by atoms with van der Waals surface area (Å²) in [6, 6.07) is 5.34. The van der Waals surface area contributed by atoms with E-state index >= 15 is 0 Å². The van der Waals surface area contributed by atoms with Gasteiger partial charge in [-0.25, -0.2) is 8.78 Å². The van der Waals surface area contributed by atoms with E-state index in [0.717, 1.165) is 11.8 Å². The fourth-order valence-corrected chi connectivity index (χ4v) is 2.61. The Kier molecular flexibility index (Phi) is 6.45. The molecule has 1 aromatic heterocycles. The molecule has 0 spiro atoms. The van der Waals surface area contributed by atoms with Gasteiger partial charge in [0.15, 0.2) is 5.96 Å². The lowest BCUT2D eigenvalue weighted by Gasteiger charge is -2.12. The summed E-state index contributed by atoms with van der Waals surface area (Å²) in [5.41, 5.74) is 1.35. The minimum absolute atomic E-state index is 0.411. The molecule has 0 aliphatic heterocycles. The number of halogens is 4. The summed E-state index contributed by atoms with van der Waals surface area (Å²) in [6.45, 7) is 0.935. The van der Waals surface area contributed by atoms with Gasteiger partial charge in [0.25, 0.3) is 0 Å². The van der Waals surface area contributed by atoms with Crippen molar-refractivity contribution >= 4 is 29.2 Å². The molecular weight excluding hydrogens is 357 g/mol. The molecule has 0 amide bonds. The van der Waals surface area contributed by atoms with Crippen LogP contribution in [0.25, 0.3) is 0 Å². The summed E-state index contributed by atoms with van der Waals surface area (Å²) in [7, 11) is 3.46. The van der Waals surface area contributed by atoms with Gasteiger partial charge in [-0.2, -0.15) is 0 Å². The van der Waals surface area contributed by atoms with Crippen molar-refractivity contribution in [2.75, 3.05) is 13.6 Å². The van der Waals surface area contributed by atoms with E-state index < -0.39 is 11.6 Å². The number of aromatic nitrogens is 1. The number of guanidine groups is 1. The molecule has 0 aliphatic carbocycles. The number of nitrogens with one attached hydrogen (secondary N) is 2. The SMILES string of the molecule is CN=C(NCCc1ccc(F)cc1F)NCc1cc(Cl)c(Cl)n1C. The highest BCUT2D eigenvalue weighted by atomic mass is 35.5. The lowest BCUT2D eigenvalue weighted by molar-refractivity contribution is 0.570. The van der Waals surface area contributed by atoms with Crippen molar-refractivity contribution in [2.24, 2.45) is 12.0 Å². The lowest BCUT2D eigenvalue weighted by Crippen LogP contribution is -2.38. The number of aliphatic imine (C=N–C) groups is 1. The smallest absolute Gasteiger partial charge is 0.191 e. The van der Waals surface area contributed by atoms with Crippen molar-refractivity contribution in [2.45, 2.75) is 13.0 Å². The normalized spacial score (nSPS) is 11.7. The highest BCUT2D eigenvalue weighted by Crippen LogP contribution is 2.24. The molecule has 1 aromatic carbocycles. The molecule has 2 N–H and O–H groups in total. The summed E-state index contributed by atoms with van der Waals surface area (Å²) in [6.07, 6.45) is 0.411. The van der Waals surface area contributed by atoms with Crippen LogP contribution in [0.15, 0.2) is 29.3 Å². The quantitative estimate of drug-likeness (QED) is 0.620. The summed E-state index contributed by atoms with van der Waals surface area (Å²) in [5, 5.41) is 7.16. The predicted octanol–water partition coefficient (Wildman–Crippen LogP) is 3.52. The predicted molar refractivity (Wildman–Crippen MR) is 93.7 cm³/mol. The van der Waals surface area contributed by atoms with Gasteiger partial charge in [-0.15, -0.1) is 0 Å². The molecule has 0 saturated carbocycles. The second kappa shape index (κ2) is 8.35. The van der Waals surface area contributed by atoms with Crippen LogP contribution in [0.2, 0.25) is 10.2 Å². The molecule has 1 heterocycles. The average Bonchev–Trinajstić information content (AvgIpc) is 2.79. The monoisotopic (exact) mass is 374 g/mol. The summed E-state index contributed by atoms with van der Waals surface area (Å²) >= 11 is 12.0. The molecule has 0 bridgehead atoms. The molecule has 0 saturated heterocycles. The average molecular weight is 375 g/mol. The van der Waals surface area contributed by atoms with E-state index in [1.165, 1.54) is 12.1 Å². The zero-order chi connectivity index (χ0) is 17.7. The van der Waals surface area contributed by atoms with Gasteiger partial charge >= 0.3 is 0 Å². The Morgan fingerprint density at radius 1 is 1.21 bits per heavy atom. The Hall–Kier alpha value is -1.79. The zero-order valence-corrected chi connectivity index (χ0v) is 14.8. The van der Waals surface area contributed by atoms with Gasteiger partial charge in [-0.05, 0) is 24.1 Å². The van der Waals surface area contributed by atoms with Crippen LogP contribution in [-0.2, 0) is 20.0 Å². The first kappa shape index (κ1) is 18.5. The lowest BCUT2D eigenvalue weighted by atomic mass is 10.1.